The van der Waals surface area contributed by atoms with Gasteiger partial charge in [0.05, 0.1) is 5.69 Å². The van der Waals surface area contributed by atoms with E-state index in [1.807, 2.05) is 5.32 Å². The molecule has 8 heteroatoms. The zero-order valence-electron chi connectivity index (χ0n) is 14.4. The maximum atomic E-state index is 13.5. The normalized spacial score (nSPS) is 12.4. The number of nitrogens with zero attached hydrogens (tertiary/aromatic N) is 2. The first kappa shape index (κ1) is 19.5. The molecule has 1 atom stereocenters. The highest BCUT2D eigenvalue weighted by atomic mass is 19.4. The van der Waals surface area contributed by atoms with Gasteiger partial charge in [-0.2, -0.15) is 13.2 Å². The number of hydrogen-bond donors (Lipinski definition) is 1. The number of aromatic nitrogens is 2. The Morgan fingerprint density at radius 1 is 0.964 bits per heavy atom. The minimum absolute atomic E-state index is 0.128. The molecule has 4 nitrogen and oxygen atoms in total. The van der Waals surface area contributed by atoms with E-state index in [0.717, 1.165) is 0 Å². The van der Waals surface area contributed by atoms with Gasteiger partial charge in [-0.25, -0.2) is 4.39 Å². The summed E-state index contributed by atoms with van der Waals surface area (Å²) >= 11 is 0. The van der Waals surface area contributed by atoms with Crippen molar-refractivity contribution in [3.8, 4) is 0 Å². The van der Waals surface area contributed by atoms with E-state index in [2.05, 4.69) is 9.97 Å². The molecule has 144 valence electrons. The van der Waals surface area contributed by atoms with E-state index >= 15 is 0 Å². The van der Waals surface area contributed by atoms with Gasteiger partial charge in [-0.1, -0.05) is 24.3 Å². The molecular weight excluding hydrogens is 374 g/mol. The quantitative estimate of drug-likeness (QED) is 0.664. The highest BCUT2D eigenvalue weighted by molar-refractivity contribution is 5.94. The topological polar surface area (TPSA) is 54.9 Å². The molecule has 1 aromatic carbocycles. The maximum Gasteiger partial charge on any atom is 0.414 e. The number of amides is 1. The van der Waals surface area contributed by atoms with Crippen LogP contribution in [-0.2, 0) is 6.42 Å². The Hall–Kier alpha value is -3.29. The van der Waals surface area contributed by atoms with E-state index in [1.165, 1.54) is 54.9 Å². The average Bonchev–Trinajstić information content (AvgIpc) is 2.68. The second kappa shape index (κ2) is 8.16. The van der Waals surface area contributed by atoms with Gasteiger partial charge in [-0.05, 0) is 47.9 Å². The number of carbonyl (C=O) groups excluding carboxylic acids is 1. The minimum Gasteiger partial charge on any atom is -0.334 e. The van der Waals surface area contributed by atoms with Crippen LogP contribution in [0.25, 0.3) is 0 Å². The molecule has 0 spiro atoms. The highest BCUT2D eigenvalue weighted by Crippen LogP contribution is 2.31. The molecule has 3 rings (SSSR count). The third-order valence-corrected chi connectivity index (χ3v) is 4.00. The van der Waals surface area contributed by atoms with Gasteiger partial charge in [-0.15, -0.1) is 0 Å². The van der Waals surface area contributed by atoms with Crippen LogP contribution in [0.4, 0.5) is 17.6 Å². The second-order valence-corrected chi connectivity index (χ2v) is 6.02. The lowest BCUT2D eigenvalue weighted by molar-refractivity contribution is -0.156. The first-order valence-electron chi connectivity index (χ1n) is 8.31. The minimum atomic E-state index is -4.73. The Kier molecular flexibility index (Phi) is 5.67. The Balaban J connectivity index is 1.86. The summed E-state index contributed by atoms with van der Waals surface area (Å²) in [5.41, 5.74) is 0.672. The summed E-state index contributed by atoms with van der Waals surface area (Å²) in [7, 11) is 0. The molecule has 1 N–H and O–H groups in total. The zero-order chi connectivity index (χ0) is 20.1. The summed E-state index contributed by atoms with van der Waals surface area (Å²) in [5, 5.41) is 1.98. The Bertz CT molecular complexity index is 944. The molecule has 0 aliphatic rings. The Morgan fingerprint density at radius 2 is 1.68 bits per heavy atom. The molecule has 0 saturated carbocycles. The average molecular weight is 389 g/mol. The van der Waals surface area contributed by atoms with Crippen LogP contribution in [-0.4, -0.2) is 22.1 Å². The second-order valence-electron chi connectivity index (χ2n) is 6.02. The summed E-state index contributed by atoms with van der Waals surface area (Å²) in [6.07, 6.45) is -1.96. The summed E-state index contributed by atoms with van der Waals surface area (Å²) in [6.45, 7) is 0. The van der Waals surface area contributed by atoms with Crippen molar-refractivity contribution in [1.29, 1.82) is 0 Å². The fourth-order valence-corrected chi connectivity index (χ4v) is 2.68. The molecule has 0 fully saturated rings. The Labute approximate surface area is 158 Å². The van der Waals surface area contributed by atoms with Crippen molar-refractivity contribution in [3.63, 3.8) is 0 Å². The number of alkyl halides is 3. The van der Waals surface area contributed by atoms with Crippen molar-refractivity contribution < 1.29 is 22.4 Å². The molecule has 2 aromatic heterocycles. The van der Waals surface area contributed by atoms with Gasteiger partial charge in [0.2, 0.25) is 0 Å². The van der Waals surface area contributed by atoms with Crippen LogP contribution in [0.15, 0.2) is 67.0 Å². The standard InChI is InChI=1S/C20H15F4N3O/c21-15-8-6-13(7-9-15)12-14-4-3-11-26-17(14)19(28)27-18(20(22,23)24)16-5-1-2-10-25-16/h1-11,18H,12H2,(H,27,28)/t18-/m1/s1. The van der Waals surface area contributed by atoms with Crippen LogP contribution >= 0.6 is 0 Å². The van der Waals surface area contributed by atoms with E-state index < -0.39 is 23.9 Å². The molecule has 28 heavy (non-hydrogen) atoms. The van der Waals surface area contributed by atoms with Crippen LogP contribution in [0.5, 0.6) is 0 Å². The van der Waals surface area contributed by atoms with Crippen molar-refractivity contribution >= 4 is 5.91 Å². The first-order valence-corrected chi connectivity index (χ1v) is 8.31. The highest BCUT2D eigenvalue weighted by Gasteiger charge is 2.43. The number of rotatable bonds is 5. The van der Waals surface area contributed by atoms with E-state index in [9.17, 15) is 22.4 Å². The number of pyridine rings is 2. The molecule has 0 saturated heterocycles. The monoisotopic (exact) mass is 389 g/mol. The van der Waals surface area contributed by atoms with Gasteiger partial charge in [0.15, 0.2) is 6.04 Å². The number of carbonyl (C=O) groups is 1. The van der Waals surface area contributed by atoms with E-state index in [1.54, 1.807) is 12.1 Å². The molecule has 0 bridgehead atoms. The fourth-order valence-electron chi connectivity index (χ4n) is 2.68. The van der Waals surface area contributed by atoms with E-state index in [0.29, 0.717) is 11.1 Å². The van der Waals surface area contributed by atoms with Crippen molar-refractivity contribution in [2.45, 2.75) is 18.6 Å². The first-order chi connectivity index (χ1) is 13.3. The molecule has 1 amide bonds. The van der Waals surface area contributed by atoms with Gasteiger partial charge >= 0.3 is 6.18 Å². The third-order valence-electron chi connectivity index (χ3n) is 4.00. The van der Waals surface area contributed by atoms with Crippen molar-refractivity contribution in [3.05, 3.63) is 95.3 Å². The Morgan fingerprint density at radius 3 is 2.32 bits per heavy atom. The molecule has 0 radical (unpaired) electrons. The fraction of sp³-hybridized carbons (Fsp3) is 0.150. The lowest BCUT2D eigenvalue weighted by atomic mass is 10.0. The molecule has 0 aliphatic heterocycles. The third kappa shape index (κ3) is 4.70. The number of nitrogens with one attached hydrogen (secondary N) is 1. The summed E-state index contributed by atoms with van der Waals surface area (Å²) in [4.78, 5) is 20.2. The van der Waals surface area contributed by atoms with Crippen LogP contribution in [0, 0.1) is 5.82 Å². The predicted molar refractivity (Wildman–Crippen MR) is 93.9 cm³/mol. The largest absolute Gasteiger partial charge is 0.414 e. The number of benzene rings is 1. The maximum absolute atomic E-state index is 13.5. The zero-order valence-corrected chi connectivity index (χ0v) is 14.4. The van der Waals surface area contributed by atoms with Crippen molar-refractivity contribution in [1.82, 2.24) is 15.3 Å². The predicted octanol–water partition coefficient (Wildman–Crippen LogP) is 4.24. The van der Waals surface area contributed by atoms with Gasteiger partial charge in [-0.3, -0.25) is 14.8 Å². The SMILES string of the molecule is O=C(N[C@H](c1ccccn1)C(F)(F)F)c1ncccc1Cc1ccc(F)cc1. The van der Waals surface area contributed by atoms with Gasteiger partial charge in [0, 0.05) is 12.4 Å². The van der Waals surface area contributed by atoms with Crippen molar-refractivity contribution in [2.75, 3.05) is 0 Å². The lowest BCUT2D eigenvalue weighted by Gasteiger charge is -2.21. The molecule has 0 aliphatic carbocycles. The summed E-state index contributed by atoms with van der Waals surface area (Å²) < 4.78 is 53.4. The van der Waals surface area contributed by atoms with Crippen molar-refractivity contribution in [2.24, 2.45) is 0 Å². The number of hydrogen-bond acceptors (Lipinski definition) is 3. The molecule has 2 heterocycles. The lowest BCUT2D eigenvalue weighted by Crippen LogP contribution is -2.39. The van der Waals surface area contributed by atoms with Gasteiger partial charge < -0.3 is 5.32 Å². The smallest absolute Gasteiger partial charge is 0.334 e. The van der Waals surface area contributed by atoms with E-state index in [4.69, 9.17) is 0 Å². The van der Waals surface area contributed by atoms with Crippen LogP contribution in [0.2, 0.25) is 0 Å². The summed E-state index contributed by atoms with van der Waals surface area (Å²) in [6, 6.07) is 10.6. The van der Waals surface area contributed by atoms with Crippen LogP contribution in [0.1, 0.15) is 33.4 Å². The number of halogens is 4. The van der Waals surface area contributed by atoms with E-state index in [-0.39, 0.29) is 17.8 Å². The van der Waals surface area contributed by atoms with Gasteiger partial charge in [0.1, 0.15) is 11.5 Å². The molecule has 3 aromatic rings. The molecule has 0 unspecified atom stereocenters. The van der Waals surface area contributed by atoms with Crippen LogP contribution < -0.4 is 5.32 Å². The summed E-state index contributed by atoms with van der Waals surface area (Å²) in [5.74, 6) is -1.37. The van der Waals surface area contributed by atoms with Gasteiger partial charge in [0.25, 0.3) is 5.91 Å². The molecular formula is C20H15F4N3O. The van der Waals surface area contributed by atoms with Crippen LogP contribution in [0.3, 0.4) is 0 Å².